The zero-order valence-electron chi connectivity index (χ0n) is 18.3. The minimum Gasteiger partial charge on any atom is -0.341 e. The van der Waals surface area contributed by atoms with Gasteiger partial charge >= 0.3 is 0 Å². The Kier molecular flexibility index (Phi) is 6.02. The van der Waals surface area contributed by atoms with Crippen LogP contribution in [0.1, 0.15) is 12.5 Å². The van der Waals surface area contributed by atoms with Crippen LogP contribution in [0.25, 0.3) is 21.8 Å². The Bertz CT molecular complexity index is 1460. The summed E-state index contributed by atoms with van der Waals surface area (Å²) in [6, 6.07) is 22.5. The van der Waals surface area contributed by atoms with Gasteiger partial charge in [-0.2, -0.15) is 0 Å². The van der Waals surface area contributed by atoms with Crippen molar-refractivity contribution in [1.29, 1.82) is 0 Å². The summed E-state index contributed by atoms with van der Waals surface area (Å²) < 4.78 is 3.05. The lowest BCUT2D eigenvalue weighted by atomic mass is 10.1. The van der Waals surface area contributed by atoms with Crippen LogP contribution in [0.4, 0.5) is 16.5 Å². The molecule has 0 unspecified atom stereocenters. The second kappa shape index (κ2) is 9.25. The number of hydrogen-bond acceptors (Lipinski definition) is 6. The standard InChI is InChI=1S/C25H23N5OS2/c1-3-30-21-11-7-5-9-18(21)19-14-17(12-13-22(19)30)26-23(31)15-32-25-29-28-24(33-25)27-20-10-6-4-8-16(20)2/h4-14H,3,15H2,1-2H3,(H,26,31)(H,27,28). The van der Waals surface area contributed by atoms with Gasteiger partial charge in [0, 0.05) is 39.7 Å². The van der Waals surface area contributed by atoms with E-state index < -0.39 is 0 Å². The van der Waals surface area contributed by atoms with E-state index in [-0.39, 0.29) is 11.7 Å². The third-order valence-corrected chi connectivity index (χ3v) is 7.46. The summed E-state index contributed by atoms with van der Waals surface area (Å²) in [4.78, 5) is 12.6. The average Bonchev–Trinajstić information content (AvgIpc) is 3.41. The second-order valence-electron chi connectivity index (χ2n) is 7.64. The van der Waals surface area contributed by atoms with E-state index in [9.17, 15) is 4.79 Å². The predicted molar refractivity (Wildman–Crippen MR) is 139 cm³/mol. The van der Waals surface area contributed by atoms with Gasteiger partial charge < -0.3 is 15.2 Å². The molecule has 0 fully saturated rings. The molecule has 0 radical (unpaired) electrons. The summed E-state index contributed by atoms with van der Waals surface area (Å²) >= 11 is 2.83. The third kappa shape index (κ3) is 4.44. The molecule has 0 aliphatic heterocycles. The maximum absolute atomic E-state index is 12.6. The van der Waals surface area contributed by atoms with Crippen molar-refractivity contribution < 1.29 is 4.79 Å². The number of carbonyl (C=O) groups excluding carboxylic acids is 1. The third-order valence-electron chi connectivity index (χ3n) is 5.49. The van der Waals surface area contributed by atoms with Crippen LogP contribution in [0.2, 0.25) is 0 Å². The Morgan fingerprint density at radius 1 is 1.00 bits per heavy atom. The summed E-state index contributed by atoms with van der Waals surface area (Å²) in [6.45, 7) is 5.09. The van der Waals surface area contributed by atoms with E-state index >= 15 is 0 Å². The number of rotatable bonds is 7. The number of carbonyl (C=O) groups is 1. The quantitative estimate of drug-likeness (QED) is 0.266. The number of aromatic nitrogens is 3. The van der Waals surface area contributed by atoms with E-state index in [1.54, 1.807) is 0 Å². The van der Waals surface area contributed by atoms with E-state index in [2.05, 4.69) is 62.7 Å². The van der Waals surface area contributed by atoms with E-state index in [4.69, 9.17) is 0 Å². The Morgan fingerprint density at radius 3 is 2.64 bits per heavy atom. The number of para-hydroxylation sites is 2. The van der Waals surface area contributed by atoms with Crippen LogP contribution in [0.3, 0.4) is 0 Å². The van der Waals surface area contributed by atoms with Gasteiger partial charge in [-0.05, 0) is 49.7 Å². The van der Waals surface area contributed by atoms with E-state index in [0.29, 0.717) is 5.13 Å². The molecule has 5 rings (SSSR count). The number of amides is 1. The summed E-state index contributed by atoms with van der Waals surface area (Å²) in [7, 11) is 0. The van der Waals surface area contributed by atoms with Crippen molar-refractivity contribution in [2.24, 2.45) is 0 Å². The zero-order chi connectivity index (χ0) is 22.8. The molecule has 166 valence electrons. The lowest BCUT2D eigenvalue weighted by molar-refractivity contribution is -0.113. The van der Waals surface area contributed by atoms with Gasteiger partial charge in [0.1, 0.15) is 0 Å². The Labute approximate surface area is 200 Å². The zero-order valence-corrected chi connectivity index (χ0v) is 20.0. The van der Waals surface area contributed by atoms with Crippen LogP contribution in [0, 0.1) is 6.92 Å². The van der Waals surface area contributed by atoms with E-state index in [1.807, 2.05) is 43.3 Å². The molecule has 5 aromatic rings. The van der Waals surface area contributed by atoms with Gasteiger partial charge in [-0.25, -0.2) is 0 Å². The summed E-state index contributed by atoms with van der Waals surface area (Å²) in [5.41, 5.74) is 5.32. The fraction of sp³-hybridized carbons (Fsp3) is 0.160. The van der Waals surface area contributed by atoms with Crippen molar-refractivity contribution in [2.45, 2.75) is 24.7 Å². The molecule has 8 heteroatoms. The number of fused-ring (bicyclic) bond motifs is 3. The first-order valence-corrected chi connectivity index (χ1v) is 12.5. The molecule has 0 saturated heterocycles. The van der Waals surface area contributed by atoms with Crippen LogP contribution < -0.4 is 10.6 Å². The number of aryl methyl sites for hydroxylation is 2. The molecule has 0 aliphatic rings. The minimum atomic E-state index is -0.0674. The van der Waals surface area contributed by atoms with Crippen molar-refractivity contribution in [3.63, 3.8) is 0 Å². The molecule has 2 aromatic heterocycles. The number of thioether (sulfide) groups is 1. The molecule has 0 aliphatic carbocycles. The van der Waals surface area contributed by atoms with Gasteiger partial charge in [-0.1, -0.05) is 59.5 Å². The molecule has 2 N–H and O–H groups in total. The number of nitrogens with one attached hydrogen (secondary N) is 2. The highest BCUT2D eigenvalue weighted by atomic mass is 32.2. The Morgan fingerprint density at radius 2 is 1.79 bits per heavy atom. The molecular weight excluding hydrogens is 450 g/mol. The first-order chi connectivity index (χ1) is 16.1. The summed E-state index contributed by atoms with van der Waals surface area (Å²) in [6.07, 6.45) is 0. The fourth-order valence-electron chi connectivity index (χ4n) is 3.94. The molecule has 3 aromatic carbocycles. The number of hydrogen-bond donors (Lipinski definition) is 2. The molecule has 6 nitrogen and oxygen atoms in total. The topological polar surface area (TPSA) is 71.8 Å². The van der Waals surface area contributed by atoms with Crippen LogP contribution in [0.15, 0.2) is 71.1 Å². The van der Waals surface area contributed by atoms with Crippen LogP contribution in [-0.4, -0.2) is 26.4 Å². The van der Waals surface area contributed by atoms with Gasteiger partial charge in [-0.3, -0.25) is 4.79 Å². The van der Waals surface area contributed by atoms with Crippen LogP contribution in [-0.2, 0) is 11.3 Å². The van der Waals surface area contributed by atoms with Gasteiger partial charge in [-0.15, -0.1) is 10.2 Å². The number of anilines is 3. The number of benzene rings is 3. The number of nitrogens with zero attached hydrogens (tertiary/aromatic N) is 3. The first kappa shape index (κ1) is 21.5. The highest BCUT2D eigenvalue weighted by Crippen LogP contribution is 2.32. The smallest absolute Gasteiger partial charge is 0.234 e. The second-order valence-corrected chi connectivity index (χ2v) is 9.84. The van der Waals surface area contributed by atoms with Crippen LogP contribution in [0.5, 0.6) is 0 Å². The van der Waals surface area contributed by atoms with Crippen LogP contribution >= 0.6 is 23.1 Å². The molecular formula is C25H23N5OS2. The van der Waals surface area contributed by atoms with Crippen molar-refractivity contribution >= 4 is 67.3 Å². The molecule has 2 heterocycles. The predicted octanol–water partition coefficient (Wildman–Crippen LogP) is 6.45. The molecule has 0 saturated carbocycles. The van der Waals surface area contributed by atoms with E-state index in [0.717, 1.165) is 33.2 Å². The van der Waals surface area contributed by atoms with Gasteiger partial charge in [0.05, 0.1) is 5.75 Å². The summed E-state index contributed by atoms with van der Waals surface area (Å²) in [5, 5.41) is 17.8. The molecule has 1 amide bonds. The molecule has 0 spiro atoms. The van der Waals surface area contributed by atoms with E-state index in [1.165, 1.54) is 39.5 Å². The highest BCUT2D eigenvalue weighted by Gasteiger charge is 2.12. The maximum atomic E-state index is 12.6. The maximum Gasteiger partial charge on any atom is 0.234 e. The highest BCUT2D eigenvalue weighted by molar-refractivity contribution is 8.01. The van der Waals surface area contributed by atoms with Gasteiger partial charge in [0.2, 0.25) is 11.0 Å². The molecule has 33 heavy (non-hydrogen) atoms. The lowest BCUT2D eigenvalue weighted by Crippen LogP contribution is -2.13. The van der Waals surface area contributed by atoms with Crippen molar-refractivity contribution in [2.75, 3.05) is 16.4 Å². The van der Waals surface area contributed by atoms with Crippen molar-refractivity contribution in [3.8, 4) is 0 Å². The monoisotopic (exact) mass is 473 g/mol. The molecule has 0 bridgehead atoms. The fourth-order valence-corrected chi connectivity index (χ4v) is 5.51. The normalized spacial score (nSPS) is 11.2. The summed E-state index contributed by atoms with van der Waals surface area (Å²) in [5.74, 6) is 0.204. The molecule has 0 atom stereocenters. The minimum absolute atomic E-state index is 0.0674. The Hall–Kier alpha value is -3.36. The van der Waals surface area contributed by atoms with Gasteiger partial charge in [0.15, 0.2) is 4.34 Å². The average molecular weight is 474 g/mol. The lowest BCUT2D eigenvalue weighted by Gasteiger charge is -2.06. The SMILES string of the molecule is CCn1c2ccccc2c2cc(NC(=O)CSc3nnc(Nc4ccccc4C)s3)ccc21. The van der Waals surface area contributed by atoms with Crippen molar-refractivity contribution in [1.82, 2.24) is 14.8 Å². The van der Waals surface area contributed by atoms with Crippen molar-refractivity contribution in [3.05, 3.63) is 72.3 Å². The van der Waals surface area contributed by atoms with Gasteiger partial charge in [0.25, 0.3) is 0 Å². The Balaban J connectivity index is 1.25. The first-order valence-electron chi connectivity index (χ1n) is 10.7. The largest absolute Gasteiger partial charge is 0.341 e.